The van der Waals surface area contributed by atoms with E-state index in [0.29, 0.717) is 23.5 Å². The van der Waals surface area contributed by atoms with Crippen molar-refractivity contribution in [1.29, 1.82) is 0 Å². The molecule has 7 heteroatoms. The van der Waals surface area contributed by atoms with Crippen molar-refractivity contribution >= 4 is 23.4 Å². The molecule has 2 N–H and O–H groups in total. The lowest BCUT2D eigenvalue weighted by atomic mass is 10.2. The van der Waals surface area contributed by atoms with Crippen LogP contribution in [0.15, 0.2) is 0 Å². The average molecular weight is 257 g/mol. The fraction of sp³-hybridized carbons (Fsp3) is 0.600. The molecule has 94 valence electrons. The number of unbranched alkanes of at least 4 members (excludes halogenated alkanes) is 2. The minimum Gasteiger partial charge on any atom is -0.481 e. The van der Waals surface area contributed by atoms with E-state index in [2.05, 4.69) is 14.9 Å². The number of aromatic nitrogens is 2. The summed E-state index contributed by atoms with van der Waals surface area (Å²) < 4.78 is 3.69. The topological polar surface area (TPSA) is 92.2 Å². The first kappa shape index (κ1) is 13.6. The zero-order valence-corrected chi connectivity index (χ0v) is 10.4. The summed E-state index contributed by atoms with van der Waals surface area (Å²) in [7, 11) is 0. The van der Waals surface area contributed by atoms with E-state index >= 15 is 0 Å². The molecular formula is C10H15N3O3S. The van der Waals surface area contributed by atoms with Crippen molar-refractivity contribution in [2.45, 2.75) is 32.6 Å². The van der Waals surface area contributed by atoms with Gasteiger partial charge in [0.15, 0.2) is 0 Å². The maximum absolute atomic E-state index is 11.6. The van der Waals surface area contributed by atoms with Gasteiger partial charge in [-0.2, -0.15) is 0 Å². The number of aliphatic carboxylic acids is 1. The largest absolute Gasteiger partial charge is 0.481 e. The van der Waals surface area contributed by atoms with Gasteiger partial charge < -0.3 is 10.4 Å². The summed E-state index contributed by atoms with van der Waals surface area (Å²) in [5.74, 6) is -0.934. The van der Waals surface area contributed by atoms with Crippen LogP contribution in [0.2, 0.25) is 0 Å². The van der Waals surface area contributed by atoms with Crippen molar-refractivity contribution in [2.75, 3.05) is 6.54 Å². The summed E-state index contributed by atoms with van der Waals surface area (Å²) in [6.07, 6.45) is 2.41. The van der Waals surface area contributed by atoms with Crippen molar-refractivity contribution in [2.24, 2.45) is 0 Å². The summed E-state index contributed by atoms with van der Waals surface area (Å²) >= 11 is 1.08. The molecule has 17 heavy (non-hydrogen) atoms. The van der Waals surface area contributed by atoms with Crippen LogP contribution in [0.4, 0.5) is 0 Å². The van der Waals surface area contributed by atoms with Crippen molar-refractivity contribution in [3.8, 4) is 0 Å². The molecule has 0 unspecified atom stereocenters. The molecule has 1 aromatic heterocycles. The van der Waals surface area contributed by atoms with E-state index < -0.39 is 5.97 Å². The summed E-state index contributed by atoms with van der Waals surface area (Å²) in [6, 6.07) is 0. The van der Waals surface area contributed by atoms with Gasteiger partial charge in [-0.25, -0.2) is 0 Å². The highest BCUT2D eigenvalue weighted by molar-refractivity contribution is 7.07. The molecule has 1 heterocycles. The Morgan fingerprint density at radius 1 is 1.35 bits per heavy atom. The van der Waals surface area contributed by atoms with E-state index in [9.17, 15) is 9.59 Å². The van der Waals surface area contributed by atoms with Gasteiger partial charge in [-0.1, -0.05) is 10.9 Å². The van der Waals surface area contributed by atoms with E-state index in [-0.39, 0.29) is 12.3 Å². The first-order valence-corrected chi connectivity index (χ1v) is 6.17. The highest BCUT2D eigenvalue weighted by atomic mass is 32.1. The molecule has 0 fully saturated rings. The SMILES string of the molecule is Cc1nnsc1C(=O)NCCCCCC(=O)O. The molecule has 0 atom stereocenters. The quantitative estimate of drug-likeness (QED) is 0.716. The van der Waals surface area contributed by atoms with Crippen LogP contribution in [0.1, 0.15) is 41.0 Å². The third kappa shape index (κ3) is 4.90. The highest BCUT2D eigenvalue weighted by Gasteiger charge is 2.11. The Kier molecular flexibility index (Phi) is 5.55. The number of hydrogen-bond donors (Lipinski definition) is 2. The molecule has 0 saturated heterocycles. The standard InChI is InChI=1S/C10H15N3O3S/c1-7-9(17-13-12-7)10(16)11-6-4-2-3-5-8(14)15/h2-6H2,1H3,(H,11,16)(H,14,15). The minimum atomic E-state index is -0.777. The predicted octanol–water partition coefficient (Wildman–Crippen LogP) is 1.22. The van der Waals surface area contributed by atoms with Gasteiger partial charge in [0.2, 0.25) is 0 Å². The summed E-state index contributed by atoms with van der Waals surface area (Å²) in [6.45, 7) is 2.29. The number of nitrogens with zero attached hydrogens (tertiary/aromatic N) is 2. The number of carbonyl (C=O) groups is 2. The molecule has 0 aliphatic rings. The second-order valence-electron chi connectivity index (χ2n) is 3.65. The Bertz CT molecular complexity index is 392. The van der Waals surface area contributed by atoms with E-state index in [0.717, 1.165) is 24.4 Å². The lowest BCUT2D eigenvalue weighted by Gasteiger charge is -2.02. The van der Waals surface area contributed by atoms with Gasteiger partial charge in [-0.3, -0.25) is 9.59 Å². The zero-order chi connectivity index (χ0) is 12.7. The number of carboxylic acid groups (broad SMARTS) is 1. The number of aryl methyl sites for hydroxylation is 1. The van der Waals surface area contributed by atoms with Crippen LogP contribution in [0, 0.1) is 6.92 Å². The summed E-state index contributed by atoms with van der Waals surface area (Å²) in [5, 5.41) is 14.9. The maximum Gasteiger partial charge on any atom is 0.303 e. The van der Waals surface area contributed by atoms with E-state index in [1.807, 2.05) is 0 Å². The number of rotatable bonds is 7. The minimum absolute atomic E-state index is 0.157. The Hall–Kier alpha value is -1.50. The third-order valence-corrected chi connectivity index (χ3v) is 3.04. The third-order valence-electron chi connectivity index (χ3n) is 2.21. The molecule has 0 aliphatic carbocycles. The molecule has 6 nitrogen and oxygen atoms in total. The van der Waals surface area contributed by atoms with Gasteiger partial charge in [0.25, 0.3) is 5.91 Å². The first-order valence-electron chi connectivity index (χ1n) is 5.40. The smallest absolute Gasteiger partial charge is 0.303 e. The van der Waals surface area contributed by atoms with Crippen LogP contribution in [0.25, 0.3) is 0 Å². The predicted molar refractivity (Wildman–Crippen MR) is 63.1 cm³/mol. The van der Waals surface area contributed by atoms with Crippen LogP contribution >= 0.6 is 11.5 Å². The van der Waals surface area contributed by atoms with Gasteiger partial charge in [0.1, 0.15) is 4.88 Å². The van der Waals surface area contributed by atoms with Gasteiger partial charge >= 0.3 is 5.97 Å². The number of amides is 1. The van der Waals surface area contributed by atoms with Crippen LogP contribution in [-0.4, -0.2) is 33.1 Å². The molecule has 0 aliphatic heterocycles. The van der Waals surface area contributed by atoms with E-state index in [1.54, 1.807) is 6.92 Å². The number of nitrogens with one attached hydrogen (secondary N) is 1. The number of carboxylic acids is 1. The van der Waals surface area contributed by atoms with Crippen molar-refractivity contribution in [1.82, 2.24) is 14.9 Å². The fourth-order valence-corrected chi connectivity index (χ4v) is 1.87. The molecule has 1 aromatic rings. The second-order valence-corrected chi connectivity index (χ2v) is 4.40. The van der Waals surface area contributed by atoms with Crippen LogP contribution < -0.4 is 5.32 Å². The highest BCUT2D eigenvalue weighted by Crippen LogP contribution is 2.08. The van der Waals surface area contributed by atoms with E-state index in [1.165, 1.54) is 0 Å². The number of hydrogen-bond acceptors (Lipinski definition) is 5. The summed E-state index contributed by atoms with van der Waals surface area (Å²) in [5.41, 5.74) is 0.637. The molecule has 0 aromatic carbocycles. The Morgan fingerprint density at radius 2 is 2.12 bits per heavy atom. The Balaban J connectivity index is 2.13. The normalized spacial score (nSPS) is 10.2. The maximum atomic E-state index is 11.6. The monoisotopic (exact) mass is 257 g/mol. The fourth-order valence-electron chi connectivity index (χ4n) is 1.30. The van der Waals surface area contributed by atoms with Crippen molar-refractivity contribution in [3.63, 3.8) is 0 Å². The average Bonchev–Trinajstić information content (AvgIpc) is 2.69. The first-order chi connectivity index (χ1) is 8.11. The van der Waals surface area contributed by atoms with Gasteiger partial charge in [0, 0.05) is 13.0 Å². The van der Waals surface area contributed by atoms with Gasteiger partial charge in [-0.15, -0.1) is 5.10 Å². The molecule has 0 spiro atoms. The Labute approximate surface area is 103 Å². The molecule has 0 bridgehead atoms. The van der Waals surface area contributed by atoms with Crippen LogP contribution in [0.3, 0.4) is 0 Å². The molecule has 0 radical (unpaired) electrons. The zero-order valence-electron chi connectivity index (χ0n) is 9.60. The van der Waals surface area contributed by atoms with Crippen LogP contribution in [0.5, 0.6) is 0 Å². The summed E-state index contributed by atoms with van der Waals surface area (Å²) in [4.78, 5) is 22.4. The molecular weight excluding hydrogens is 242 g/mol. The van der Waals surface area contributed by atoms with Crippen LogP contribution in [-0.2, 0) is 4.79 Å². The molecule has 1 amide bonds. The van der Waals surface area contributed by atoms with E-state index in [4.69, 9.17) is 5.11 Å². The Morgan fingerprint density at radius 3 is 2.71 bits per heavy atom. The second kappa shape index (κ2) is 6.95. The lowest BCUT2D eigenvalue weighted by molar-refractivity contribution is -0.137. The van der Waals surface area contributed by atoms with Gasteiger partial charge in [0.05, 0.1) is 5.69 Å². The van der Waals surface area contributed by atoms with Crippen molar-refractivity contribution in [3.05, 3.63) is 10.6 Å². The van der Waals surface area contributed by atoms with Gasteiger partial charge in [-0.05, 0) is 31.3 Å². The number of carbonyl (C=O) groups excluding carboxylic acids is 1. The van der Waals surface area contributed by atoms with Crippen molar-refractivity contribution < 1.29 is 14.7 Å². The molecule has 0 saturated carbocycles. The molecule has 1 rings (SSSR count). The lowest BCUT2D eigenvalue weighted by Crippen LogP contribution is -2.24.